The molecule has 0 spiro atoms. The molecule has 0 unspecified atom stereocenters. The largest absolute Gasteiger partial charge is 0.355 e. The van der Waals surface area contributed by atoms with Crippen molar-refractivity contribution in [1.29, 1.82) is 0 Å². The van der Waals surface area contributed by atoms with E-state index < -0.39 is 0 Å². The molecule has 1 saturated carbocycles. The van der Waals surface area contributed by atoms with Crippen LogP contribution in [0.3, 0.4) is 0 Å². The predicted molar refractivity (Wildman–Crippen MR) is 57.7 cm³/mol. The number of nitrogens with one attached hydrogen (secondary N) is 1. The van der Waals surface area contributed by atoms with Gasteiger partial charge in [0.1, 0.15) is 0 Å². The standard InChI is InChI=1S/C12H19NO/c1-2-3-9-13-12(14)10-11-7-5-4-6-8-11/h1,11H,3-10H2,(H,13,14). The Morgan fingerprint density at radius 1 is 1.36 bits per heavy atom. The van der Waals surface area contributed by atoms with Crippen molar-refractivity contribution in [3.63, 3.8) is 0 Å². The molecule has 0 aromatic carbocycles. The minimum atomic E-state index is 0.173. The maximum atomic E-state index is 11.4. The van der Waals surface area contributed by atoms with Crippen LogP contribution in [-0.4, -0.2) is 12.5 Å². The van der Waals surface area contributed by atoms with Crippen molar-refractivity contribution in [2.24, 2.45) is 5.92 Å². The highest BCUT2D eigenvalue weighted by atomic mass is 16.1. The summed E-state index contributed by atoms with van der Waals surface area (Å²) in [6, 6.07) is 0. The lowest BCUT2D eigenvalue weighted by molar-refractivity contribution is -0.122. The van der Waals surface area contributed by atoms with Gasteiger partial charge in [-0.15, -0.1) is 12.3 Å². The van der Waals surface area contributed by atoms with Crippen molar-refractivity contribution in [2.75, 3.05) is 6.54 Å². The SMILES string of the molecule is C#CCCNC(=O)CC1CCCCC1. The van der Waals surface area contributed by atoms with Crippen molar-refractivity contribution in [3.8, 4) is 12.3 Å². The van der Waals surface area contributed by atoms with Crippen LogP contribution in [0.25, 0.3) is 0 Å². The minimum absolute atomic E-state index is 0.173. The Labute approximate surface area is 86.5 Å². The van der Waals surface area contributed by atoms with Crippen LogP contribution < -0.4 is 5.32 Å². The molecule has 78 valence electrons. The molecule has 14 heavy (non-hydrogen) atoms. The van der Waals surface area contributed by atoms with E-state index in [4.69, 9.17) is 6.42 Å². The Hall–Kier alpha value is -0.970. The molecule has 0 saturated heterocycles. The summed E-state index contributed by atoms with van der Waals surface area (Å²) in [5.41, 5.74) is 0. The molecule has 1 N–H and O–H groups in total. The van der Waals surface area contributed by atoms with Gasteiger partial charge in [-0.1, -0.05) is 19.3 Å². The fourth-order valence-corrected chi connectivity index (χ4v) is 2.00. The van der Waals surface area contributed by atoms with Crippen LogP contribution in [0.1, 0.15) is 44.9 Å². The van der Waals surface area contributed by atoms with Crippen LogP contribution in [0.2, 0.25) is 0 Å². The van der Waals surface area contributed by atoms with Gasteiger partial charge in [0.2, 0.25) is 5.91 Å². The summed E-state index contributed by atoms with van der Waals surface area (Å²) < 4.78 is 0. The number of hydrogen-bond donors (Lipinski definition) is 1. The average molecular weight is 193 g/mol. The monoisotopic (exact) mass is 193 g/mol. The van der Waals surface area contributed by atoms with E-state index in [2.05, 4.69) is 11.2 Å². The molecule has 0 aromatic heterocycles. The maximum absolute atomic E-state index is 11.4. The van der Waals surface area contributed by atoms with Gasteiger partial charge in [0.25, 0.3) is 0 Å². The Morgan fingerprint density at radius 3 is 2.71 bits per heavy atom. The molecule has 0 radical (unpaired) electrons. The minimum Gasteiger partial charge on any atom is -0.355 e. The van der Waals surface area contributed by atoms with E-state index in [1.807, 2.05) is 0 Å². The molecule has 1 aliphatic rings. The summed E-state index contributed by atoms with van der Waals surface area (Å²) in [4.78, 5) is 11.4. The lowest BCUT2D eigenvalue weighted by Crippen LogP contribution is -2.26. The van der Waals surface area contributed by atoms with Crippen molar-refractivity contribution >= 4 is 5.91 Å². The Kier molecular flexibility index (Phi) is 5.14. The first-order chi connectivity index (χ1) is 6.83. The molecule has 1 aliphatic carbocycles. The fraction of sp³-hybridized carbons (Fsp3) is 0.750. The van der Waals surface area contributed by atoms with Crippen LogP contribution in [0, 0.1) is 18.3 Å². The van der Waals surface area contributed by atoms with Gasteiger partial charge in [0, 0.05) is 19.4 Å². The van der Waals surface area contributed by atoms with Crippen molar-refractivity contribution < 1.29 is 4.79 Å². The van der Waals surface area contributed by atoms with Gasteiger partial charge in [-0.2, -0.15) is 0 Å². The van der Waals surface area contributed by atoms with Crippen molar-refractivity contribution in [2.45, 2.75) is 44.9 Å². The molecular weight excluding hydrogens is 174 g/mol. The van der Waals surface area contributed by atoms with Crippen LogP contribution in [0.15, 0.2) is 0 Å². The van der Waals surface area contributed by atoms with Crippen LogP contribution in [0.5, 0.6) is 0 Å². The lowest BCUT2D eigenvalue weighted by atomic mass is 9.87. The third-order valence-electron chi connectivity index (χ3n) is 2.79. The number of hydrogen-bond acceptors (Lipinski definition) is 1. The number of amides is 1. The summed E-state index contributed by atoms with van der Waals surface area (Å²) in [5, 5.41) is 2.85. The molecule has 2 nitrogen and oxygen atoms in total. The second kappa shape index (κ2) is 6.48. The van der Waals surface area contributed by atoms with E-state index >= 15 is 0 Å². The summed E-state index contributed by atoms with van der Waals surface area (Å²) in [5.74, 6) is 3.31. The Balaban J connectivity index is 2.10. The third kappa shape index (κ3) is 4.32. The van der Waals surface area contributed by atoms with Crippen LogP contribution in [0.4, 0.5) is 0 Å². The van der Waals surface area contributed by atoms with Gasteiger partial charge in [0.15, 0.2) is 0 Å². The summed E-state index contributed by atoms with van der Waals surface area (Å²) in [7, 11) is 0. The predicted octanol–water partition coefficient (Wildman–Crippen LogP) is 2.10. The molecule has 0 heterocycles. The number of carbonyl (C=O) groups excluding carboxylic acids is 1. The molecule has 1 fully saturated rings. The van der Waals surface area contributed by atoms with Crippen molar-refractivity contribution in [1.82, 2.24) is 5.32 Å². The van der Waals surface area contributed by atoms with Gasteiger partial charge >= 0.3 is 0 Å². The molecule has 0 atom stereocenters. The highest BCUT2D eigenvalue weighted by Gasteiger charge is 2.16. The molecule has 0 aromatic rings. The first kappa shape index (κ1) is 11.1. The molecule has 1 amide bonds. The first-order valence-electron chi connectivity index (χ1n) is 5.53. The van der Waals surface area contributed by atoms with Crippen molar-refractivity contribution in [3.05, 3.63) is 0 Å². The maximum Gasteiger partial charge on any atom is 0.220 e. The topological polar surface area (TPSA) is 29.1 Å². The summed E-state index contributed by atoms with van der Waals surface area (Å²) in [6.07, 6.45) is 12.8. The fourth-order valence-electron chi connectivity index (χ4n) is 2.00. The van der Waals surface area contributed by atoms with E-state index in [0.717, 1.165) is 0 Å². The van der Waals surface area contributed by atoms with Gasteiger partial charge < -0.3 is 5.32 Å². The first-order valence-corrected chi connectivity index (χ1v) is 5.53. The van der Waals surface area contributed by atoms with E-state index in [1.165, 1.54) is 32.1 Å². The van der Waals surface area contributed by atoms with E-state index in [-0.39, 0.29) is 5.91 Å². The Morgan fingerprint density at radius 2 is 2.07 bits per heavy atom. The van der Waals surface area contributed by atoms with E-state index in [1.54, 1.807) is 0 Å². The summed E-state index contributed by atoms with van der Waals surface area (Å²) in [6.45, 7) is 0.627. The quantitative estimate of drug-likeness (QED) is 0.537. The summed E-state index contributed by atoms with van der Waals surface area (Å²) >= 11 is 0. The van der Waals surface area contributed by atoms with Crippen LogP contribution >= 0.6 is 0 Å². The number of rotatable bonds is 4. The number of carbonyl (C=O) groups is 1. The highest BCUT2D eigenvalue weighted by Crippen LogP contribution is 2.25. The van der Waals surface area contributed by atoms with Gasteiger partial charge in [-0.05, 0) is 18.8 Å². The van der Waals surface area contributed by atoms with Crippen LogP contribution in [-0.2, 0) is 4.79 Å². The van der Waals surface area contributed by atoms with E-state index in [9.17, 15) is 4.79 Å². The van der Waals surface area contributed by atoms with Gasteiger partial charge in [-0.25, -0.2) is 0 Å². The van der Waals surface area contributed by atoms with Gasteiger partial charge in [-0.3, -0.25) is 4.79 Å². The molecule has 2 heteroatoms. The smallest absolute Gasteiger partial charge is 0.220 e. The van der Waals surface area contributed by atoms with E-state index in [0.29, 0.717) is 25.3 Å². The zero-order valence-electron chi connectivity index (χ0n) is 8.72. The second-order valence-electron chi connectivity index (χ2n) is 4.01. The molecule has 0 aliphatic heterocycles. The van der Waals surface area contributed by atoms with Gasteiger partial charge in [0.05, 0.1) is 0 Å². The molecule has 1 rings (SSSR count). The third-order valence-corrected chi connectivity index (χ3v) is 2.79. The average Bonchev–Trinajstić information content (AvgIpc) is 2.20. The highest BCUT2D eigenvalue weighted by molar-refractivity contribution is 5.76. The lowest BCUT2D eigenvalue weighted by Gasteiger charge is -2.20. The normalized spacial score (nSPS) is 17.4. The zero-order valence-corrected chi connectivity index (χ0v) is 8.72. The Bertz CT molecular complexity index is 211. The number of terminal acetylenes is 1. The molecule has 0 bridgehead atoms. The zero-order chi connectivity index (χ0) is 10.2. The second-order valence-corrected chi connectivity index (χ2v) is 4.01. The molecular formula is C12H19NO.